The molecule has 0 fully saturated rings. The molecular weight excluding hydrogens is 246 g/mol. The predicted molar refractivity (Wildman–Crippen MR) is 80.1 cm³/mol. The van der Waals surface area contributed by atoms with E-state index in [2.05, 4.69) is 36.9 Å². The minimum absolute atomic E-state index is 0.00615. The average Bonchev–Trinajstić information content (AvgIpc) is 2.53. The minimum Gasteiger partial charge on any atom is -0.327 e. The maximum atomic E-state index is 12.2. The highest BCUT2D eigenvalue weighted by Crippen LogP contribution is 2.33. The van der Waals surface area contributed by atoms with E-state index >= 15 is 0 Å². The van der Waals surface area contributed by atoms with Crippen LogP contribution in [0.15, 0.2) is 67.3 Å². The first-order valence-electron chi connectivity index (χ1n) is 6.84. The van der Waals surface area contributed by atoms with E-state index in [0.29, 0.717) is 6.54 Å². The van der Waals surface area contributed by atoms with Gasteiger partial charge in [-0.05, 0) is 29.2 Å². The molecule has 1 aliphatic heterocycles. The Morgan fingerprint density at radius 1 is 1.05 bits per heavy atom. The monoisotopic (exact) mass is 263 g/mol. The van der Waals surface area contributed by atoms with Crippen molar-refractivity contribution in [3.8, 4) is 0 Å². The maximum Gasteiger partial charge on any atom is 0.246 e. The molecule has 0 unspecified atom stereocenters. The quantitative estimate of drug-likeness (QED) is 0.759. The van der Waals surface area contributed by atoms with E-state index < -0.39 is 0 Å². The summed E-state index contributed by atoms with van der Waals surface area (Å²) in [6.45, 7) is 4.28. The number of hydrogen-bond acceptors (Lipinski definition) is 1. The molecule has 2 heteroatoms. The fourth-order valence-electron chi connectivity index (χ4n) is 2.84. The van der Waals surface area contributed by atoms with Crippen LogP contribution in [0.2, 0.25) is 0 Å². The van der Waals surface area contributed by atoms with Gasteiger partial charge in [-0.1, -0.05) is 61.2 Å². The molecule has 0 saturated heterocycles. The van der Waals surface area contributed by atoms with Gasteiger partial charge in [-0.2, -0.15) is 0 Å². The van der Waals surface area contributed by atoms with Crippen LogP contribution >= 0.6 is 0 Å². The van der Waals surface area contributed by atoms with Gasteiger partial charge in [0.25, 0.3) is 0 Å². The van der Waals surface area contributed by atoms with Crippen molar-refractivity contribution in [2.45, 2.75) is 19.0 Å². The number of benzene rings is 2. The van der Waals surface area contributed by atoms with Crippen LogP contribution in [0.1, 0.15) is 22.7 Å². The fourth-order valence-corrected chi connectivity index (χ4v) is 2.84. The Labute approximate surface area is 119 Å². The van der Waals surface area contributed by atoms with Crippen LogP contribution in [0.4, 0.5) is 0 Å². The summed E-state index contributed by atoms with van der Waals surface area (Å²) < 4.78 is 0. The van der Waals surface area contributed by atoms with Crippen LogP contribution in [-0.2, 0) is 17.8 Å². The molecule has 1 aliphatic rings. The van der Waals surface area contributed by atoms with Crippen molar-refractivity contribution in [3.63, 3.8) is 0 Å². The number of nitrogens with zero attached hydrogens (tertiary/aromatic N) is 1. The molecular formula is C18H17NO. The van der Waals surface area contributed by atoms with Crippen LogP contribution in [0.3, 0.4) is 0 Å². The van der Waals surface area contributed by atoms with Crippen molar-refractivity contribution in [2.75, 3.05) is 0 Å². The van der Waals surface area contributed by atoms with Gasteiger partial charge in [0.05, 0.1) is 6.04 Å². The topological polar surface area (TPSA) is 20.3 Å². The summed E-state index contributed by atoms with van der Waals surface area (Å²) in [4.78, 5) is 14.1. The molecule has 0 radical (unpaired) electrons. The lowest BCUT2D eigenvalue weighted by Gasteiger charge is -2.36. The summed E-state index contributed by atoms with van der Waals surface area (Å²) in [5, 5.41) is 0. The fraction of sp³-hybridized carbons (Fsp3) is 0.167. The second-order valence-corrected chi connectivity index (χ2v) is 5.07. The summed E-state index contributed by atoms with van der Waals surface area (Å²) in [7, 11) is 0. The molecule has 0 saturated carbocycles. The van der Waals surface area contributed by atoms with Crippen LogP contribution in [0, 0.1) is 0 Å². The van der Waals surface area contributed by atoms with Crippen molar-refractivity contribution in [2.24, 2.45) is 0 Å². The molecule has 3 rings (SSSR count). The SMILES string of the molecule is C=CC(=O)N1Cc2ccccc2C[C@H]1c1ccccc1. The molecule has 2 aromatic rings. The Kier molecular flexibility index (Phi) is 3.38. The lowest BCUT2D eigenvalue weighted by atomic mass is 9.90. The van der Waals surface area contributed by atoms with E-state index in [9.17, 15) is 4.79 Å². The minimum atomic E-state index is -0.00615. The standard InChI is InChI=1S/C18H17NO/c1-2-18(20)19-13-16-11-7-6-10-15(16)12-17(19)14-8-4-3-5-9-14/h2-11,17H,1,12-13H2/t17-/m0/s1. The molecule has 1 amide bonds. The first-order valence-corrected chi connectivity index (χ1v) is 6.84. The first-order chi connectivity index (χ1) is 9.79. The Balaban J connectivity index is 2.02. The van der Waals surface area contributed by atoms with Gasteiger partial charge in [-0.3, -0.25) is 4.79 Å². The molecule has 0 aliphatic carbocycles. The van der Waals surface area contributed by atoms with Gasteiger partial charge in [0.1, 0.15) is 0 Å². The maximum absolute atomic E-state index is 12.2. The first kappa shape index (κ1) is 12.7. The van der Waals surface area contributed by atoms with Gasteiger partial charge in [-0.25, -0.2) is 0 Å². The van der Waals surface area contributed by atoms with E-state index in [4.69, 9.17) is 0 Å². The zero-order valence-electron chi connectivity index (χ0n) is 11.3. The van der Waals surface area contributed by atoms with Gasteiger partial charge in [0.15, 0.2) is 0 Å². The van der Waals surface area contributed by atoms with Gasteiger partial charge in [-0.15, -0.1) is 0 Å². The van der Waals surface area contributed by atoms with Gasteiger partial charge in [0, 0.05) is 6.54 Å². The van der Waals surface area contributed by atoms with Crippen LogP contribution in [-0.4, -0.2) is 10.8 Å². The Morgan fingerprint density at radius 3 is 2.40 bits per heavy atom. The van der Waals surface area contributed by atoms with Crippen molar-refractivity contribution in [1.29, 1.82) is 0 Å². The van der Waals surface area contributed by atoms with Gasteiger partial charge < -0.3 is 4.90 Å². The Bertz CT molecular complexity index is 633. The molecule has 0 bridgehead atoms. The lowest BCUT2D eigenvalue weighted by molar-refractivity contribution is -0.129. The zero-order valence-corrected chi connectivity index (χ0v) is 11.3. The summed E-state index contributed by atoms with van der Waals surface area (Å²) >= 11 is 0. The summed E-state index contributed by atoms with van der Waals surface area (Å²) in [6, 6.07) is 18.6. The number of carbonyl (C=O) groups is 1. The molecule has 20 heavy (non-hydrogen) atoms. The van der Waals surface area contributed by atoms with E-state index in [1.54, 1.807) is 0 Å². The van der Waals surface area contributed by atoms with Crippen LogP contribution < -0.4 is 0 Å². The Hall–Kier alpha value is -2.35. The van der Waals surface area contributed by atoms with Crippen molar-refractivity contribution < 1.29 is 4.79 Å². The normalized spacial score (nSPS) is 17.4. The third-order valence-electron chi connectivity index (χ3n) is 3.89. The molecule has 100 valence electrons. The highest BCUT2D eigenvalue weighted by Gasteiger charge is 2.29. The summed E-state index contributed by atoms with van der Waals surface area (Å²) in [6.07, 6.45) is 2.27. The summed E-state index contributed by atoms with van der Waals surface area (Å²) in [5.74, 6) is -0.00615. The molecule has 2 aromatic carbocycles. The van der Waals surface area contributed by atoms with Crippen molar-refractivity contribution in [1.82, 2.24) is 4.90 Å². The van der Waals surface area contributed by atoms with Gasteiger partial charge >= 0.3 is 0 Å². The van der Waals surface area contributed by atoms with Crippen LogP contribution in [0.5, 0.6) is 0 Å². The molecule has 0 spiro atoms. The second kappa shape index (κ2) is 5.33. The molecule has 0 aromatic heterocycles. The summed E-state index contributed by atoms with van der Waals surface area (Å²) in [5.41, 5.74) is 3.74. The van der Waals surface area contributed by atoms with Crippen molar-refractivity contribution >= 4 is 5.91 Å². The van der Waals surface area contributed by atoms with Crippen molar-refractivity contribution in [3.05, 3.63) is 83.9 Å². The van der Waals surface area contributed by atoms with Crippen LogP contribution in [0.25, 0.3) is 0 Å². The number of hydrogen-bond donors (Lipinski definition) is 0. The van der Waals surface area contributed by atoms with Gasteiger partial charge in [0.2, 0.25) is 5.91 Å². The average molecular weight is 263 g/mol. The number of rotatable bonds is 2. The van der Waals surface area contributed by atoms with E-state index in [-0.39, 0.29) is 11.9 Å². The highest BCUT2D eigenvalue weighted by atomic mass is 16.2. The third-order valence-corrected chi connectivity index (χ3v) is 3.89. The molecule has 2 nitrogen and oxygen atoms in total. The smallest absolute Gasteiger partial charge is 0.246 e. The molecule has 0 N–H and O–H groups in total. The zero-order chi connectivity index (χ0) is 13.9. The Morgan fingerprint density at radius 2 is 1.70 bits per heavy atom. The molecule has 1 atom stereocenters. The van der Waals surface area contributed by atoms with E-state index in [1.165, 1.54) is 22.8 Å². The van der Waals surface area contributed by atoms with E-state index in [0.717, 1.165) is 6.42 Å². The van der Waals surface area contributed by atoms with E-state index in [1.807, 2.05) is 29.2 Å². The largest absolute Gasteiger partial charge is 0.327 e. The second-order valence-electron chi connectivity index (χ2n) is 5.07. The molecule has 1 heterocycles. The lowest BCUT2D eigenvalue weighted by Crippen LogP contribution is -2.37. The number of fused-ring (bicyclic) bond motifs is 1. The third kappa shape index (κ3) is 2.25. The predicted octanol–water partition coefficient (Wildman–Crippen LogP) is 3.50. The number of carbonyl (C=O) groups excluding carboxylic acids is 1. The highest BCUT2D eigenvalue weighted by molar-refractivity contribution is 5.87. The number of amides is 1.